The minimum atomic E-state index is 0.394. The molecule has 0 unspecified atom stereocenters. The number of carbonyl (C=O) groups is 1. The Kier molecular flexibility index (Phi) is 2.14. The Labute approximate surface area is 80.3 Å². The van der Waals surface area contributed by atoms with Gasteiger partial charge in [-0.3, -0.25) is 4.79 Å². The molecule has 0 fully saturated rings. The van der Waals surface area contributed by atoms with Gasteiger partial charge in [-0.15, -0.1) is 0 Å². The first-order valence-electron chi connectivity index (χ1n) is 4.18. The van der Waals surface area contributed by atoms with Crippen LogP contribution in [-0.2, 0) is 6.54 Å². The summed E-state index contributed by atoms with van der Waals surface area (Å²) in [5.41, 5.74) is 0.781. The van der Waals surface area contributed by atoms with Crippen molar-refractivity contribution in [1.29, 1.82) is 0 Å². The Morgan fingerprint density at radius 2 is 2.50 bits per heavy atom. The van der Waals surface area contributed by atoms with Crippen molar-refractivity contribution in [2.75, 3.05) is 0 Å². The first-order valence-corrected chi connectivity index (χ1v) is 4.18. The van der Waals surface area contributed by atoms with Crippen LogP contribution in [0.5, 0.6) is 0 Å². The summed E-state index contributed by atoms with van der Waals surface area (Å²) in [4.78, 5) is 14.4. The fourth-order valence-electron chi connectivity index (χ4n) is 1.24. The maximum Gasteiger partial charge on any atom is 0.185 e. The molecular formula is C9H9N3O2. The first-order chi connectivity index (χ1) is 6.79. The Hall–Kier alpha value is -1.91. The second-order valence-electron chi connectivity index (χ2n) is 2.96. The molecule has 0 amide bonds. The molecular weight excluding hydrogens is 182 g/mol. The van der Waals surface area contributed by atoms with E-state index in [2.05, 4.69) is 10.1 Å². The smallest absolute Gasteiger partial charge is 0.185 e. The van der Waals surface area contributed by atoms with E-state index in [-0.39, 0.29) is 0 Å². The van der Waals surface area contributed by atoms with Crippen LogP contribution in [0.2, 0.25) is 0 Å². The summed E-state index contributed by atoms with van der Waals surface area (Å²) < 4.78 is 6.63. The molecule has 2 heterocycles. The molecule has 0 saturated heterocycles. The Bertz CT molecular complexity index is 444. The standard InChI is InChI=1S/C9H9N3O2/c1-7-4-8(11-14-7)5-12-3-2-10-9(12)6-13/h2-4,6H,5H2,1H3. The number of hydrogen-bond acceptors (Lipinski definition) is 4. The van der Waals surface area contributed by atoms with Crippen LogP contribution in [0.3, 0.4) is 0 Å². The van der Waals surface area contributed by atoms with Crippen molar-refractivity contribution in [1.82, 2.24) is 14.7 Å². The highest BCUT2D eigenvalue weighted by atomic mass is 16.5. The summed E-state index contributed by atoms with van der Waals surface area (Å²) >= 11 is 0. The van der Waals surface area contributed by atoms with Crippen LogP contribution in [0.1, 0.15) is 22.1 Å². The van der Waals surface area contributed by atoms with Crippen LogP contribution < -0.4 is 0 Å². The highest BCUT2D eigenvalue weighted by Gasteiger charge is 2.04. The topological polar surface area (TPSA) is 60.9 Å². The van der Waals surface area contributed by atoms with Crippen LogP contribution >= 0.6 is 0 Å². The Morgan fingerprint density at radius 3 is 3.14 bits per heavy atom. The van der Waals surface area contributed by atoms with Gasteiger partial charge < -0.3 is 9.09 Å². The maximum absolute atomic E-state index is 10.6. The van der Waals surface area contributed by atoms with Crippen LogP contribution in [-0.4, -0.2) is 21.0 Å². The monoisotopic (exact) mass is 191 g/mol. The summed E-state index contributed by atoms with van der Waals surface area (Å²) in [7, 11) is 0. The lowest BCUT2D eigenvalue weighted by Crippen LogP contribution is -2.03. The number of carbonyl (C=O) groups excluding carboxylic acids is 1. The molecule has 0 aliphatic heterocycles. The largest absolute Gasteiger partial charge is 0.361 e. The highest BCUT2D eigenvalue weighted by Crippen LogP contribution is 2.05. The fraction of sp³-hybridized carbons (Fsp3) is 0.222. The second-order valence-corrected chi connectivity index (χ2v) is 2.96. The average molecular weight is 191 g/mol. The van der Waals surface area contributed by atoms with Gasteiger partial charge in [0.05, 0.1) is 6.54 Å². The molecule has 0 aromatic carbocycles. The molecule has 0 aliphatic rings. The van der Waals surface area contributed by atoms with E-state index in [4.69, 9.17) is 4.52 Å². The maximum atomic E-state index is 10.6. The predicted molar refractivity (Wildman–Crippen MR) is 48.0 cm³/mol. The van der Waals surface area contributed by atoms with Gasteiger partial charge in [-0.2, -0.15) is 0 Å². The molecule has 0 spiro atoms. The van der Waals surface area contributed by atoms with Gasteiger partial charge in [0.15, 0.2) is 12.1 Å². The van der Waals surface area contributed by atoms with Crippen molar-refractivity contribution in [3.8, 4) is 0 Å². The molecule has 5 nitrogen and oxygen atoms in total. The molecule has 0 radical (unpaired) electrons. The number of aromatic nitrogens is 3. The highest BCUT2D eigenvalue weighted by molar-refractivity contribution is 5.69. The van der Waals surface area contributed by atoms with E-state index < -0.39 is 0 Å². The number of aldehydes is 1. The molecule has 0 N–H and O–H groups in total. The lowest BCUT2D eigenvalue weighted by Gasteiger charge is -1.98. The van der Waals surface area contributed by atoms with Gasteiger partial charge in [-0.1, -0.05) is 5.16 Å². The van der Waals surface area contributed by atoms with Crippen LogP contribution in [0.25, 0.3) is 0 Å². The Balaban J connectivity index is 2.22. The molecule has 2 aromatic rings. The zero-order valence-corrected chi connectivity index (χ0v) is 7.67. The minimum Gasteiger partial charge on any atom is -0.361 e. The van der Waals surface area contributed by atoms with Gasteiger partial charge in [0.2, 0.25) is 0 Å². The third-order valence-electron chi connectivity index (χ3n) is 1.86. The zero-order valence-electron chi connectivity index (χ0n) is 7.67. The summed E-state index contributed by atoms with van der Waals surface area (Å²) in [5.74, 6) is 1.15. The molecule has 5 heteroatoms. The van der Waals surface area contributed by atoms with Gasteiger partial charge in [0.25, 0.3) is 0 Å². The molecule has 0 bridgehead atoms. The number of aryl methyl sites for hydroxylation is 1. The van der Waals surface area contributed by atoms with Crippen molar-refractivity contribution in [3.05, 3.63) is 35.7 Å². The number of imidazole rings is 1. The molecule has 72 valence electrons. The summed E-state index contributed by atoms with van der Waals surface area (Å²) in [6.45, 7) is 2.33. The average Bonchev–Trinajstić information content (AvgIpc) is 2.76. The molecule has 2 aromatic heterocycles. The zero-order chi connectivity index (χ0) is 9.97. The van der Waals surface area contributed by atoms with Crippen LogP contribution in [0.15, 0.2) is 23.0 Å². The predicted octanol–water partition coefficient (Wildman–Crippen LogP) is 1.04. The van der Waals surface area contributed by atoms with Crippen LogP contribution in [0.4, 0.5) is 0 Å². The van der Waals surface area contributed by atoms with Gasteiger partial charge in [0.1, 0.15) is 11.5 Å². The first kappa shape index (κ1) is 8.68. The van der Waals surface area contributed by atoms with E-state index in [9.17, 15) is 4.79 Å². The lowest BCUT2D eigenvalue weighted by atomic mass is 10.4. The third kappa shape index (κ3) is 1.56. The number of rotatable bonds is 3. The number of nitrogens with zero attached hydrogens (tertiary/aromatic N) is 3. The quantitative estimate of drug-likeness (QED) is 0.680. The summed E-state index contributed by atoms with van der Waals surface area (Å²) in [6, 6.07) is 1.83. The van der Waals surface area contributed by atoms with E-state index >= 15 is 0 Å². The van der Waals surface area contributed by atoms with Crippen molar-refractivity contribution >= 4 is 6.29 Å². The van der Waals surface area contributed by atoms with Crippen molar-refractivity contribution in [3.63, 3.8) is 0 Å². The van der Waals surface area contributed by atoms with Gasteiger partial charge >= 0.3 is 0 Å². The van der Waals surface area contributed by atoms with E-state index in [0.717, 1.165) is 11.5 Å². The number of hydrogen-bond donors (Lipinski definition) is 0. The van der Waals surface area contributed by atoms with Gasteiger partial charge in [-0.25, -0.2) is 4.98 Å². The molecule has 0 aliphatic carbocycles. The summed E-state index contributed by atoms with van der Waals surface area (Å²) in [5, 5.41) is 3.83. The van der Waals surface area contributed by atoms with E-state index in [1.54, 1.807) is 17.0 Å². The normalized spacial score (nSPS) is 10.4. The van der Waals surface area contributed by atoms with Crippen molar-refractivity contribution in [2.45, 2.75) is 13.5 Å². The van der Waals surface area contributed by atoms with E-state index in [1.807, 2.05) is 13.0 Å². The van der Waals surface area contributed by atoms with Crippen molar-refractivity contribution < 1.29 is 9.32 Å². The second kappa shape index (κ2) is 3.45. The SMILES string of the molecule is Cc1cc(Cn2ccnc2C=O)no1. The van der Waals surface area contributed by atoms with Gasteiger partial charge in [0, 0.05) is 18.5 Å². The van der Waals surface area contributed by atoms with Crippen LogP contribution in [0, 0.1) is 6.92 Å². The lowest BCUT2D eigenvalue weighted by molar-refractivity contribution is 0.111. The minimum absolute atomic E-state index is 0.394. The van der Waals surface area contributed by atoms with Crippen molar-refractivity contribution in [2.24, 2.45) is 0 Å². The van der Waals surface area contributed by atoms with Gasteiger partial charge in [-0.05, 0) is 6.92 Å². The molecule has 2 rings (SSSR count). The fourth-order valence-corrected chi connectivity index (χ4v) is 1.24. The molecule has 0 atom stereocenters. The molecule has 14 heavy (non-hydrogen) atoms. The third-order valence-corrected chi connectivity index (χ3v) is 1.86. The van der Waals surface area contributed by atoms with E-state index in [1.165, 1.54) is 0 Å². The summed E-state index contributed by atoms with van der Waals surface area (Å²) in [6.07, 6.45) is 4.03. The Morgan fingerprint density at radius 1 is 1.64 bits per heavy atom. The molecule has 0 saturated carbocycles. The van der Waals surface area contributed by atoms with E-state index in [0.29, 0.717) is 18.7 Å².